The summed E-state index contributed by atoms with van der Waals surface area (Å²) < 4.78 is 12.3. The van der Waals surface area contributed by atoms with E-state index in [1.54, 1.807) is 18.2 Å². The van der Waals surface area contributed by atoms with Gasteiger partial charge in [0.25, 0.3) is 5.91 Å². The molecule has 0 saturated heterocycles. The molecule has 4 aromatic rings. The molecule has 5 heteroatoms. The number of nitriles is 1. The molecule has 4 aromatic carbocycles. The van der Waals surface area contributed by atoms with E-state index >= 15 is 0 Å². The lowest BCUT2D eigenvalue weighted by Crippen LogP contribution is -2.27. The summed E-state index contributed by atoms with van der Waals surface area (Å²) in [6, 6.07) is 29.5. The zero-order valence-corrected chi connectivity index (χ0v) is 22.3. The normalized spacial score (nSPS) is 11.9. The number of carbonyl (C=O) groups is 1. The average molecular weight is 517 g/mol. The molecule has 1 amide bonds. The Kier molecular flexibility index (Phi) is 9.16. The Hall–Kier alpha value is -4.82. The molecule has 0 aliphatic heterocycles. The molecule has 0 bridgehead atoms. The standard InChI is InChI=1S/C34H32N2O3/c1-4-12-28-19-25(20-30(22-35)34(37)36-24(3)26-13-7-6-8-14-26)21-32(38-5-2)33(28)39-23-29-17-11-16-27-15-9-10-18-31(27)29/h4,6-11,13-21,24H,1,5,12,23H2,2-3H3,(H,36,37)/b30-20-/t24-/m1/s1. The number of carbonyl (C=O) groups excluding carboxylic acids is 1. The summed E-state index contributed by atoms with van der Waals surface area (Å²) in [5, 5.41) is 15.0. The first kappa shape index (κ1) is 27.2. The van der Waals surface area contributed by atoms with Gasteiger partial charge in [-0.15, -0.1) is 6.58 Å². The van der Waals surface area contributed by atoms with Crippen LogP contribution in [-0.4, -0.2) is 12.5 Å². The summed E-state index contributed by atoms with van der Waals surface area (Å²) in [4.78, 5) is 12.9. The Morgan fingerprint density at radius 2 is 1.74 bits per heavy atom. The first-order valence-corrected chi connectivity index (χ1v) is 13.0. The Morgan fingerprint density at radius 1 is 1.00 bits per heavy atom. The highest BCUT2D eigenvalue weighted by Crippen LogP contribution is 2.36. The van der Waals surface area contributed by atoms with E-state index in [0.29, 0.717) is 36.7 Å². The van der Waals surface area contributed by atoms with Crippen molar-refractivity contribution in [2.75, 3.05) is 6.61 Å². The van der Waals surface area contributed by atoms with Crippen LogP contribution in [0, 0.1) is 11.3 Å². The van der Waals surface area contributed by atoms with E-state index in [-0.39, 0.29) is 11.6 Å². The highest BCUT2D eigenvalue weighted by atomic mass is 16.5. The Bertz CT molecular complexity index is 1530. The van der Waals surface area contributed by atoms with Gasteiger partial charge in [-0.05, 0) is 65.9 Å². The summed E-state index contributed by atoms with van der Waals surface area (Å²) >= 11 is 0. The SMILES string of the molecule is C=CCc1cc(/C=C(/C#N)C(=O)N[C@H](C)c2ccccc2)cc(OCC)c1OCc1cccc2ccccc12. The second-order valence-electron chi connectivity index (χ2n) is 9.14. The molecule has 1 atom stereocenters. The topological polar surface area (TPSA) is 71.4 Å². The Morgan fingerprint density at radius 3 is 2.49 bits per heavy atom. The minimum absolute atomic E-state index is 0.00852. The summed E-state index contributed by atoms with van der Waals surface area (Å²) in [5.74, 6) is 0.745. The van der Waals surface area contributed by atoms with Crippen LogP contribution in [0.1, 0.15) is 42.1 Å². The molecular weight excluding hydrogens is 484 g/mol. The molecule has 0 fully saturated rings. The molecule has 0 aliphatic rings. The van der Waals surface area contributed by atoms with Gasteiger partial charge < -0.3 is 14.8 Å². The van der Waals surface area contributed by atoms with Crippen LogP contribution in [-0.2, 0) is 17.8 Å². The molecule has 196 valence electrons. The molecule has 0 aromatic heterocycles. The molecule has 0 heterocycles. The first-order valence-electron chi connectivity index (χ1n) is 13.0. The number of amides is 1. The van der Waals surface area contributed by atoms with Crippen molar-refractivity contribution in [1.29, 1.82) is 5.26 Å². The van der Waals surface area contributed by atoms with Crippen molar-refractivity contribution in [2.45, 2.75) is 32.9 Å². The van der Waals surface area contributed by atoms with E-state index in [1.165, 1.54) is 0 Å². The third-order valence-corrected chi connectivity index (χ3v) is 6.39. The summed E-state index contributed by atoms with van der Waals surface area (Å²) in [5.41, 5.74) is 3.57. The van der Waals surface area contributed by atoms with Gasteiger partial charge in [0.2, 0.25) is 0 Å². The van der Waals surface area contributed by atoms with Gasteiger partial charge in [0.15, 0.2) is 11.5 Å². The maximum Gasteiger partial charge on any atom is 0.262 e. The number of hydrogen-bond donors (Lipinski definition) is 1. The van der Waals surface area contributed by atoms with Crippen molar-refractivity contribution in [3.8, 4) is 17.6 Å². The van der Waals surface area contributed by atoms with E-state index in [9.17, 15) is 10.1 Å². The quantitative estimate of drug-likeness (QED) is 0.129. The first-order chi connectivity index (χ1) is 19.0. The maximum absolute atomic E-state index is 12.9. The fourth-order valence-corrected chi connectivity index (χ4v) is 4.48. The lowest BCUT2D eigenvalue weighted by atomic mass is 10.0. The van der Waals surface area contributed by atoms with Gasteiger partial charge in [-0.1, -0.05) is 78.9 Å². The smallest absolute Gasteiger partial charge is 0.262 e. The number of ether oxygens (including phenoxy) is 2. The number of allylic oxidation sites excluding steroid dienone is 1. The summed E-state index contributed by atoms with van der Waals surface area (Å²) in [7, 11) is 0. The van der Waals surface area contributed by atoms with Crippen LogP contribution < -0.4 is 14.8 Å². The van der Waals surface area contributed by atoms with Crippen molar-refractivity contribution in [3.63, 3.8) is 0 Å². The molecule has 4 rings (SSSR count). The Labute approximate surface area is 230 Å². The molecule has 39 heavy (non-hydrogen) atoms. The minimum atomic E-state index is -0.437. The highest BCUT2D eigenvalue weighted by molar-refractivity contribution is 6.02. The molecule has 0 unspecified atom stereocenters. The molecule has 0 saturated carbocycles. The van der Waals surface area contributed by atoms with Crippen LogP contribution in [0.2, 0.25) is 0 Å². The second kappa shape index (κ2) is 13.1. The van der Waals surface area contributed by atoms with Gasteiger partial charge in [0.05, 0.1) is 12.6 Å². The third-order valence-electron chi connectivity index (χ3n) is 6.39. The summed E-state index contributed by atoms with van der Waals surface area (Å²) in [6.45, 7) is 8.50. The third kappa shape index (κ3) is 6.74. The number of nitrogens with one attached hydrogen (secondary N) is 1. The van der Waals surface area contributed by atoms with Gasteiger partial charge in [-0.3, -0.25) is 4.79 Å². The van der Waals surface area contributed by atoms with Crippen LogP contribution in [0.5, 0.6) is 11.5 Å². The van der Waals surface area contributed by atoms with E-state index in [0.717, 1.165) is 27.5 Å². The number of rotatable bonds is 11. The number of nitrogens with zero attached hydrogens (tertiary/aromatic N) is 1. The fraction of sp³-hybridized carbons (Fsp3) is 0.176. The Balaban J connectivity index is 1.63. The molecule has 5 nitrogen and oxygen atoms in total. The monoisotopic (exact) mass is 516 g/mol. The van der Waals surface area contributed by atoms with Gasteiger partial charge in [0.1, 0.15) is 18.2 Å². The van der Waals surface area contributed by atoms with Crippen molar-refractivity contribution < 1.29 is 14.3 Å². The van der Waals surface area contributed by atoms with Crippen molar-refractivity contribution in [3.05, 3.63) is 125 Å². The van der Waals surface area contributed by atoms with Crippen LogP contribution in [0.4, 0.5) is 0 Å². The molecular formula is C34H32N2O3. The molecule has 0 aliphatic carbocycles. The lowest BCUT2D eigenvalue weighted by molar-refractivity contribution is -0.117. The fourth-order valence-electron chi connectivity index (χ4n) is 4.48. The largest absolute Gasteiger partial charge is 0.490 e. The molecule has 1 N–H and O–H groups in total. The minimum Gasteiger partial charge on any atom is -0.490 e. The van der Waals surface area contributed by atoms with Crippen molar-refractivity contribution >= 4 is 22.8 Å². The van der Waals surface area contributed by atoms with Gasteiger partial charge in [-0.25, -0.2) is 0 Å². The number of benzene rings is 4. The van der Waals surface area contributed by atoms with Gasteiger partial charge in [-0.2, -0.15) is 5.26 Å². The zero-order chi connectivity index (χ0) is 27.6. The van der Waals surface area contributed by atoms with Gasteiger partial charge >= 0.3 is 0 Å². The van der Waals surface area contributed by atoms with Crippen LogP contribution in [0.25, 0.3) is 16.8 Å². The highest BCUT2D eigenvalue weighted by Gasteiger charge is 2.17. The lowest BCUT2D eigenvalue weighted by Gasteiger charge is -2.18. The second-order valence-corrected chi connectivity index (χ2v) is 9.14. The van der Waals surface area contributed by atoms with E-state index in [2.05, 4.69) is 36.2 Å². The zero-order valence-electron chi connectivity index (χ0n) is 22.3. The average Bonchev–Trinajstić information content (AvgIpc) is 2.96. The van der Waals surface area contributed by atoms with Gasteiger partial charge in [0, 0.05) is 5.56 Å². The van der Waals surface area contributed by atoms with Crippen LogP contribution in [0.3, 0.4) is 0 Å². The molecule has 0 radical (unpaired) electrons. The summed E-state index contributed by atoms with van der Waals surface area (Å²) in [6.07, 6.45) is 3.91. The number of fused-ring (bicyclic) bond motifs is 1. The van der Waals surface area contributed by atoms with E-state index in [4.69, 9.17) is 9.47 Å². The van der Waals surface area contributed by atoms with Crippen LogP contribution >= 0.6 is 0 Å². The van der Waals surface area contributed by atoms with Crippen molar-refractivity contribution in [2.24, 2.45) is 0 Å². The number of hydrogen-bond acceptors (Lipinski definition) is 4. The van der Waals surface area contributed by atoms with Crippen LogP contribution in [0.15, 0.2) is 103 Å². The maximum atomic E-state index is 12.9. The van der Waals surface area contributed by atoms with E-state index in [1.807, 2.05) is 74.5 Å². The predicted octanol–water partition coefficient (Wildman–Crippen LogP) is 7.33. The van der Waals surface area contributed by atoms with Crippen molar-refractivity contribution in [1.82, 2.24) is 5.32 Å². The molecule has 0 spiro atoms. The van der Waals surface area contributed by atoms with E-state index < -0.39 is 5.91 Å². The predicted molar refractivity (Wildman–Crippen MR) is 156 cm³/mol.